The Kier molecular flexibility index (Phi) is 5.31. The maximum atomic E-state index is 11.5. The van der Waals surface area contributed by atoms with E-state index in [9.17, 15) is 4.79 Å². The van der Waals surface area contributed by atoms with Crippen molar-refractivity contribution in [3.8, 4) is 0 Å². The fourth-order valence-electron chi connectivity index (χ4n) is 2.32. The Labute approximate surface area is 112 Å². The van der Waals surface area contributed by atoms with Crippen LogP contribution in [-0.4, -0.2) is 33.6 Å². The monoisotopic (exact) mass is 270 g/mol. The van der Waals surface area contributed by atoms with Crippen LogP contribution in [0.3, 0.4) is 0 Å². The molecule has 102 valence electrons. The summed E-state index contributed by atoms with van der Waals surface area (Å²) in [5, 5.41) is 10.9. The molecule has 1 aromatic heterocycles. The molecule has 1 aliphatic rings. The van der Waals surface area contributed by atoms with Crippen molar-refractivity contribution in [2.75, 3.05) is 18.8 Å². The normalized spacial score (nSPS) is 20.2. The number of hydrogen-bond acceptors (Lipinski definition) is 4. The van der Waals surface area contributed by atoms with Gasteiger partial charge in [-0.25, -0.2) is 9.89 Å². The molecule has 6 heteroatoms. The Morgan fingerprint density at radius 1 is 1.56 bits per heavy atom. The van der Waals surface area contributed by atoms with E-state index in [1.54, 1.807) is 16.3 Å². The summed E-state index contributed by atoms with van der Waals surface area (Å²) in [5.41, 5.74) is -0.0846. The highest BCUT2D eigenvalue weighted by molar-refractivity contribution is 7.99. The Morgan fingerprint density at radius 2 is 2.44 bits per heavy atom. The summed E-state index contributed by atoms with van der Waals surface area (Å²) in [5.74, 6) is 1.83. The molecule has 1 atom stereocenters. The van der Waals surface area contributed by atoms with E-state index in [0.29, 0.717) is 0 Å². The number of hydrogen-bond donors (Lipinski definition) is 2. The van der Waals surface area contributed by atoms with Gasteiger partial charge in [0.15, 0.2) is 5.16 Å². The van der Waals surface area contributed by atoms with Gasteiger partial charge >= 0.3 is 5.69 Å². The van der Waals surface area contributed by atoms with Crippen molar-refractivity contribution in [1.29, 1.82) is 0 Å². The summed E-state index contributed by atoms with van der Waals surface area (Å²) in [6.07, 6.45) is 4.78. The van der Waals surface area contributed by atoms with Gasteiger partial charge in [-0.1, -0.05) is 18.7 Å². The summed E-state index contributed by atoms with van der Waals surface area (Å²) >= 11 is 1.69. The molecular formula is C12H22N4OS. The van der Waals surface area contributed by atoms with Crippen molar-refractivity contribution < 1.29 is 0 Å². The molecule has 0 amide bonds. The topological polar surface area (TPSA) is 62.7 Å². The maximum Gasteiger partial charge on any atom is 0.343 e. The first kappa shape index (κ1) is 13.7. The molecule has 0 spiro atoms. The van der Waals surface area contributed by atoms with Gasteiger partial charge in [0, 0.05) is 12.3 Å². The molecule has 1 aromatic rings. The van der Waals surface area contributed by atoms with Crippen LogP contribution in [0, 0.1) is 5.92 Å². The molecule has 0 radical (unpaired) electrons. The van der Waals surface area contributed by atoms with Crippen LogP contribution in [0.1, 0.15) is 32.6 Å². The Morgan fingerprint density at radius 3 is 3.17 bits per heavy atom. The Balaban J connectivity index is 1.80. The van der Waals surface area contributed by atoms with Crippen molar-refractivity contribution in [3.05, 3.63) is 10.5 Å². The highest BCUT2D eigenvalue weighted by Crippen LogP contribution is 2.20. The van der Waals surface area contributed by atoms with Crippen molar-refractivity contribution in [2.45, 2.75) is 44.3 Å². The predicted octanol–water partition coefficient (Wildman–Crippen LogP) is 1.46. The highest BCUT2D eigenvalue weighted by Gasteiger charge is 2.14. The molecule has 0 saturated carbocycles. The second-order valence-electron chi connectivity index (χ2n) is 4.81. The molecule has 1 aliphatic heterocycles. The minimum absolute atomic E-state index is 0.0846. The molecule has 0 aromatic carbocycles. The van der Waals surface area contributed by atoms with Crippen molar-refractivity contribution in [2.24, 2.45) is 5.92 Å². The van der Waals surface area contributed by atoms with Crippen LogP contribution >= 0.6 is 11.8 Å². The molecule has 1 saturated heterocycles. The molecule has 18 heavy (non-hydrogen) atoms. The lowest BCUT2D eigenvalue weighted by Crippen LogP contribution is -2.30. The first-order chi connectivity index (χ1) is 8.81. The number of aromatic amines is 1. The summed E-state index contributed by atoms with van der Waals surface area (Å²) in [6, 6.07) is 0. The second-order valence-corrected chi connectivity index (χ2v) is 5.87. The van der Waals surface area contributed by atoms with Crippen LogP contribution in [0.2, 0.25) is 0 Å². The van der Waals surface area contributed by atoms with Crippen molar-refractivity contribution >= 4 is 11.8 Å². The van der Waals surface area contributed by atoms with Crippen LogP contribution in [-0.2, 0) is 6.54 Å². The third kappa shape index (κ3) is 3.62. The zero-order valence-electron chi connectivity index (χ0n) is 10.9. The number of rotatable bonds is 6. The first-order valence-corrected chi connectivity index (χ1v) is 7.78. The van der Waals surface area contributed by atoms with E-state index in [0.717, 1.165) is 36.3 Å². The number of nitrogens with one attached hydrogen (secondary N) is 2. The SMILES string of the molecule is CCCn1c(SCCC2CCCNC2)n[nH]c1=O. The zero-order chi connectivity index (χ0) is 12.8. The highest BCUT2D eigenvalue weighted by atomic mass is 32.2. The molecule has 5 nitrogen and oxygen atoms in total. The van der Waals surface area contributed by atoms with E-state index >= 15 is 0 Å². The van der Waals surface area contributed by atoms with E-state index in [1.165, 1.54) is 25.8 Å². The molecule has 2 N–H and O–H groups in total. The van der Waals surface area contributed by atoms with E-state index < -0.39 is 0 Å². The largest absolute Gasteiger partial charge is 0.343 e. The maximum absolute atomic E-state index is 11.5. The number of thioether (sulfide) groups is 1. The fourth-order valence-corrected chi connectivity index (χ4v) is 3.40. The molecule has 0 bridgehead atoms. The molecule has 2 heterocycles. The Hall–Kier alpha value is -0.750. The van der Waals surface area contributed by atoms with E-state index in [4.69, 9.17) is 0 Å². The predicted molar refractivity (Wildman–Crippen MR) is 74.1 cm³/mol. The van der Waals surface area contributed by atoms with Gasteiger partial charge in [-0.2, -0.15) is 0 Å². The molecule has 2 rings (SSSR count). The van der Waals surface area contributed by atoms with Crippen LogP contribution < -0.4 is 11.0 Å². The molecule has 1 fully saturated rings. The van der Waals surface area contributed by atoms with Gasteiger partial charge in [-0.15, -0.1) is 5.10 Å². The number of nitrogens with zero attached hydrogens (tertiary/aromatic N) is 2. The van der Waals surface area contributed by atoms with Gasteiger partial charge in [0.1, 0.15) is 0 Å². The van der Waals surface area contributed by atoms with Gasteiger partial charge < -0.3 is 5.32 Å². The average molecular weight is 270 g/mol. The smallest absolute Gasteiger partial charge is 0.316 e. The third-order valence-corrected chi connectivity index (χ3v) is 4.34. The van der Waals surface area contributed by atoms with Crippen molar-refractivity contribution in [1.82, 2.24) is 20.1 Å². The average Bonchev–Trinajstić information content (AvgIpc) is 2.73. The fraction of sp³-hybridized carbons (Fsp3) is 0.833. The second kappa shape index (κ2) is 6.99. The minimum Gasteiger partial charge on any atom is -0.316 e. The summed E-state index contributed by atoms with van der Waals surface area (Å²) in [7, 11) is 0. The van der Waals surface area contributed by atoms with E-state index in [1.807, 2.05) is 0 Å². The molecule has 0 aliphatic carbocycles. The van der Waals surface area contributed by atoms with Crippen LogP contribution in [0.25, 0.3) is 0 Å². The van der Waals surface area contributed by atoms with Crippen LogP contribution in [0.5, 0.6) is 0 Å². The lowest BCUT2D eigenvalue weighted by atomic mass is 9.97. The molecular weight excluding hydrogens is 248 g/mol. The third-order valence-electron chi connectivity index (χ3n) is 3.33. The van der Waals surface area contributed by atoms with Gasteiger partial charge in [-0.05, 0) is 44.7 Å². The quantitative estimate of drug-likeness (QED) is 0.768. The standard InChI is InChI=1S/C12H22N4OS/c1-2-7-16-11(17)14-15-12(16)18-8-5-10-4-3-6-13-9-10/h10,13H,2-9H2,1H3,(H,14,17). The van der Waals surface area contributed by atoms with E-state index in [2.05, 4.69) is 22.4 Å². The minimum atomic E-state index is -0.0846. The van der Waals surface area contributed by atoms with Gasteiger partial charge in [0.25, 0.3) is 0 Å². The number of aromatic nitrogens is 3. The van der Waals surface area contributed by atoms with Crippen LogP contribution in [0.4, 0.5) is 0 Å². The Bertz CT molecular complexity index is 408. The van der Waals surface area contributed by atoms with Crippen molar-refractivity contribution in [3.63, 3.8) is 0 Å². The van der Waals surface area contributed by atoms with Crippen LogP contribution in [0.15, 0.2) is 9.95 Å². The van der Waals surface area contributed by atoms with Gasteiger partial charge in [0.05, 0.1) is 0 Å². The number of piperidine rings is 1. The van der Waals surface area contributed by atoms with Gasteiger partial charge in [-0.3, -0.25) is 4.57 Å². The summed E-state index contributed by atoms with van der Waals surface area (Å²) < 4.78 is 1.74. The summed E-state index contributed by atoms with van der Waals surface area (Å²) in [4.78, 5) is 11.5. The molecule has 1 unspecified atom stereocenters. The van der Waals surface area contributed by atoms with Gasteiger partial charge in [0.2, 0.25) is 0 Å². The van der Waals surface area contributed by atoms with E-state index in [-0.39, 0.29) is 5.69 Å². The lowest BCUT2D eigenvalue weighted by Gasteiger charge is -2.22. The first-order valence-electron chi connectivity index (χ1n) is 6.80. The number of H-pyrrole nitrogens is 1. The lowest BCUT2D eigenvalue weighted by molar-refractivity contribution is 0.371. The zero-order valence-corrected chi connectivity index (χ0v) is 11.8. The summed E-state index contributed by atoms with van der Waals surface area (Å²) in [6.45, 7) is 5.13.